The second-order valence-electron chi connectivity index (χ2n) is 7.04. The van der Waals surface area contributed by atoms with Crippen molar-refractivity contribution in [1.82, 2.24) is 9.97 Å². The average molecular weight is 466 g/mol. The van der Waals surface area contributed by atoms with Crippen molar-refractivity contribution in [3.8, 4) is 17.7 Å². The summed E-state index contributed by atoms with van der Waals surface area (Å²) in [4.78, 5) is 19.9. The number of carbonyl (C=O) groups is 1. The summed E-state index contributed by atoms with van der Waals surface area (Å²) in [5.41, 5.74) is 2.59. The van der Waals surface area contributed by atoms with Crippen molar-refractivity contribution in [3.63, 3.8) is 0 Å². The van der Waals surface area contributed by atoms with Crippen LogP contribution in [0.2, 0.25) is 0 Å². The molecule has 0 fully saturated rings. The van der Waals surface area contributed by atoms with E-state index in [2.05, 4.69) is 15.3 Å². The van der Waals surface area contributed by atoms with Gasteiger partial charge >= 0.3 is 0 Å². The lowest BCUT2D eigenvalue weighted by Gasteiger charge is -2.12. The number of halogens is 1. The number of hydrogen-bond donors (Lipinski definition) is 1. The Morgan fingerprint density at radius 1 is 1.18 bits per heavy atom. The average Bonchev–Trinajstić information content (AvgIpc) is 2.76. The van der Waals surface area contributed by atoms with Crippen LogP contribution in [-0.2, 0) is 14.6 Å². The van der Waals surface area contributed by atoms with Gasteiger partial charge in [0, 0.05) is 24.0 Å². The summed E-state index contributed by atoms with van der Waals surface area (Å²) >= 11 is 0. The molecule has 1 amide bonds. The van der Waals surface area contributed by atoms with Crippen LogP contribution in [0.3, 0.4) is 0 Å². The molecule has 0 spiro atoms. The molecular formula is C23H19FN4O4S. The number of rotatable bonds is 7. The highest BCUT2D eigenvalue weighted by molar-refractivity contribution is 7.92. The van der Waals surface area contributed by atoms with Crippen LogP contribution in [0.25, 0.3) is 6.08 Å². The molecule has 0 unspecified atom stereocenters. The molecule has 0 saturated carbocycles. The molecule has 3 aromatic rings. The van der Waals surface area contributed by atoms with E-state index in [1.807, 2.05) is 32.0 Å². The van der Waals surface area contributed by atoms with Crippen LogP contribution < -0.4 is 10.1 Å². The first-order valence-electron chi connectivity index (χ1n) is 9.64. The van der Waals surface area contributed by atoms with Crippen molar-refractivity contribution in [2.75, 3.05) is 11.1 Å². The highest BCUT2D eigenvalue weighted by Gasteiger charge is 2.23. The molecule has 0 saturated heterocycles. The predicted molar refractivity (Wildman–Crippen MR) is 120 cm³/mol. The molecular weight excluding hydrogens is 447 g/mol. The van der Waals surface area contributed by atoms with Gasteiger partial charge < -0.3 is 10.1 Å². The van der Waals surface area contributed by atoms with Crippen LogP contribution in [0.5, 0.6) is 11.6 Å². The molecule has 3 rings (SSSR count). The minimum atomic E-state index is -4.17. The molecule has 0 radical (unpaired) electrons. The van der Waals surface area contributed by atoms with Gasteiger partial charge in [-0.1, -0.05) is 0 Å². The Kier molecular flexibility index (Phi) is 7.15. The Bertz CT molecular complexity index is 1340. The zero-order valence-electron chi connectivity index (χ0n) is 17.7. The molecule has 1 N–H and O–H groups in total. The number of aryl methyl sites for hydroxylation is 2. The van der Waals surface area contributed by atoms with E-state index in [9.17, 15) is 17.6 Å². The number of nitrogens with one attached hydrogen (secondary N) is 1. The van der Waals surface area contributed by atoms with Crippen LogP contribution in [-0.4, -0.2) is 30.0 Å². The summed E-state index contributed by atoms with van der Waals surface area (Å²) in [7, 11) is -4.17. The van der Waals surface area contributed by atoms with Gasteiger partial charge in [0.2, 0.25) is 21.6 Å². The number of hydrogen-bond acceptors (Lipinski definition) is 7. The van der Waals surface area contributed by atoms with E-state index in [0.717, 1.165) is 28.8 Å². The van der Waals surface area contributed by atoms with Crippen LogP contribution in [0.15, 0.2) is 59.9 Å². The molecule has 33 heavy (non-hydrogen) atoms. The van der Waals surface area contributed by atoms with Gasteiger partial charge in [-0.05, 0) is 73.0 Å². The maximum absolute atomic E-state index is 13.0. The molecule has 1 aromatic heterocycles. The number of nitriles is 1. The highest BCUT2D eigenvalue weighted by atomic mass is 32.2. The first-order valence-corrected chi connectivity index (χ1v) is 11.3. The van der Waals surface area contributed by atoms with Crippen molar-refractivity contribution in [3.05, 3.63) is 77.2 Å². The van der Waals surface area contributed by atoms with Gasteiger partial charge in [-0.2, -0.15) is 10.2 Å². The van der Waals surface area contributed by atoms with Crippen molar-refractivity contribution in [1.29, 1.82) is 5.26 Å². The highest BCUT2D eigenvalue weighted by Crippen LogP contribution is 2.29. The van der Waals surface area contributed by atoms with Crippen LogP contribution in [0.4, 0.5) is 10.1 Å². The molecule has 168 valence electrons. The lowest BCUT2D eigenvalue weighted by atomic mass is 10.1. The van der Waals surface area contributed by atoms with Crippen molar-refractivity contribution >= 4 is 27.5 Å². The van der Waals surface area contributed by atoms with Gasteiger partial charge in [-0.15, -0.1) is 0 Å². The molecule has 10 heteroatoms. The summed E-state index contributed by atoms with van der Waals surface area (Å²) in [5.74, 6) is -1.71. The van der Waals surface area contributed by atoms with E-state index in [4.69, 9.17) is 10.00 Å². The Hall–Kier alpha value is -4.10. The Morgan fingerprint density at radius 3 is 2.48 bits per heavy atom. The van der Waals surface area contributed by atoms with Crippen LogP contribution >= 0.6 is 0 Å². The SMILES string of the molecule is Cc1cc(/C=C/C#N)cc(C)c1Oc1ccnc(S(=O)(=O)CC(=O)Nc2ccc(F)cc2)n1. The number of carbonyl (C=O) groups excluding carboxylic acids is 1. The zero-order chi connectivity index (χ0) is 24.0. The van der Waals surface area contributed by atoms with E-state index in [-0.39, 0.29) is 11.6 Å². The third-order valence-electron chi connectivity index (χ3n) is 4.37. The number of ether oxygens (including phenoxy) is 1. The number of amides is 1. The topological polar surface area (TPSA) is 122 Å². The van der Waals surface area contributed by atoms with E-state index >= 15 is 0 Å². The normalized spacial score (nSPS) is 11.2. The standard InChI is InChI=1S/C23H19FN4O4S/c1-15-12-17(4-3-10-25)13-16(2)22(15)32-21-9-11-26-23(28-21)33(30,31)14-20(29)27-19-7-5-18(24)6-8-19/h3-9,11-13H,14H2,1-2H3,(H,27,29)/b4-3+. The lowest BCUT2D eigenvalue weighted by Crippen LogP contribution is -2.24. The Labute approximate surface area is 190 Å². The van der Waals surface area contributed by atoms with Gasteiger partial charge in [-0.3, -0.25) is 4.79 Å². The summed E-state index contributed by atoms with van der Waals surface area (Å²) in [6.45, 7) is 3.62. The summed E-state index contributed by atoms with van der Waals surface area (Å²) in [5, 5.41) is 10.5. The summed E-state index contributed by atoms with van der Waals surface area (Å²) in [6, 6.07) is 11.9. The zero-order valence-corrected chi connectivity index (χ0v) is 18.6. The summed E-state index contributed by atoms with van der Waals surface area (Å²) in [6.07, 6.45) is 4.25. The third-order valence-corrected chi connectivity index (χ3v) is 5.77. The van der Waals surface area contributed by atoms with E-state index in [0.29, 0.717) is 5.75 Å². The molecule has 0 aliphatic heterocycles. The quantitative estimate of drug-likeness (QED) is 0.413. The lowest BCUT2D eigenvalue weighted by molar-refractivity contribution is -0.113. The molecule has 2 aromatic carbocycles. The van der Waals surface area contributed by atoms with Gasteiger partial charge in [0.15, 0.2) is 0 Å². The summed E-state index contributed by atoms with van der Waals surface area (Å²) < 4.78 is 44.1. The molecule has 0 aliphatic rings. The smallest absolute Gasteiger partial charge is 0.250 e. The van der Waals surface area contributed by atoms with Gasteiger partial charge in [0.1, 0.15) is 17.3 Å². The first-order chi connectivity index (χ1) is 15.7. The number of allylic oxidation sites excluding steroid dienone is 1. The largest absolute Gasteiger partial charge is 0.438 e. The van der Waals surface area contributed by atoms with Crippen LogP contribution in [0.1, 0.15) is 16.7 Å². The fourth-order valence-electron chi connectivity index (χ4n) is 2.98. The molecule has 0 atom stereocenters. The number of anilines is 1. The third kappa shape index (κ3) is 6.21. The van der Waals surface area contributed by atoms with Crippen molar-refractivity contribution < 1.29 is 22.3 Å². The maximum Gasteiger partial charge on any atom is 0.250 e. The van der Waals surface area contributed by atoms with Gasteiger partial charge in [0.25, 0.3) is 5.16 Å². The monoisotopic (exact) mass is 466 g/mol. The number of sulfone groups is 1. The predicted octanol–water partition coefficient (Wildman–Crippen LogP) is 3.97. The molecule has 1 heterocycles. The minimum Gasteiger partial charge on any atom is -0.438 e. The number of aromatic nitrogens is 2. The fraction of sp³-hybridized carbons (Fsp3) is 0.130. The van der Waals surface area contributed by atoms with E-state index in [1.165, 1.54) is 30.5 Å². The number of benzene rings is 2. The fourth-order valence-corrected chi connectivity index (χ4v) is 3.98. The second-order valence-corrected chi connectivity index (χ2v) is 8.92. The second kappa shape index (κ2) is 10.0. The Morgan fingerprint density at radius 2 is 1.85 bits per heavy atom. The van der Waals surface area contributed by atoms with Gasteiger partial charge in [-0.25, -0.2) is 17.8 Å². The molecule has 0 aliphatic carbocycles. The maximum atomic E-state index is 13.0. The molecule has 8 nitrogen and oxygen atoms in total. The Balaban J connectivity index is 1.77. The first kappa shape index (κ1) is 23.6. The molecule has 0 bridgehead atoms. The van der Waals surface area contributed by atoms with E-state index in [1.54, 1.807) is 6.08 Å². The van der Waals surface area contributed by atoms with Crippen molar-refractivity contribution in [2.45, 2.75) is 19.0 Å². The van der Waals surface area contributed by atoms with Crippen molar-refractivity contribution in [2.24, 2.45) is 0 Å². The number of nitrogens with zero attached hydrogens (tertiary/aromatic N) is 3. The van der Waals surface area contributed by atoms with Gasteiger partial charge in [0.05, 0.1) is 6.07 Å². The van der Waals surface area contributed by atoms with E-state index < -0.39 is 32.5 Å². The van der Waals surface area contributed by atoms with Crippen LogP contribution in [0, 0.1) is 31.0 Å². The minimum absolute atomic E-state index is 0.00552.